The van der Waals surface area contributed by atoms with Gasteiger partial charge in [0.2, 0.25) is 11.7 Å². The molecule has 3 aromatic carbocycles. The molecule has 10 N–H and O–H groups in total. The van der Waals surface area contributed by atoms with Crippen LogP contribution >= 0.6 is 21.6 Å². The number of ether oxygens (including phenoxy) is 5. The van der Waals surface area contributed by atoms with Crippen molar-refractivity contribution in [2.75, 3.05) is 39.6 Å². The summed E-state index contributed by atoms with van der Waals surface area (Å²) in [7, 11) is 4.32. The molecule has 14 rings (SSSR count). The number of benzene rings is 3. The third kappa shape index (κ3) is 13.7. The fourth-order valence-electron chi connectivity index (χ4n) is 18.5. The second-order valence-electron chi connectivity index (χ2n) is 28.2. The number of phenols is 2. The molecule has 19 heteroatoms. The molecule has 4 aromatic rings. The van der Waals surface area contributed by atoms with Crippen molar-refractivity contribution in [3.8, 4) is 40.6 Å². The summed E-state index contributed by atoms with van der Waals surface area (Å²) in [6.07, 6.45) is 17.1. The highest BCUT2D eigenvalue weighted by Crippen LogP contribution is 2.70. The van der Waals surface area contributed by atoms with Crippen molar-refractivity contribution in [1.82, 2.24) is 15.2 Å². The average molecular weight is 1280 g/mol. The van der Waals surface area contributed by atoms with Gasteiger partial charge >= 0.3 is 0 Å². The van der Waals surface area contributed by atoms with E-state index in [-0.39, 0.29) is 107 Å². The smallest absolute Gasteiger partial charge is 0.220 e. The molecule has 492 valence electrons. The Hall–Kier alpha value is -4.43. The number of methoxy groups -OCH3 is 1. The molecule has 7 heterocycles. The molecule has 1 aromatic heterocycles. The standard InChI is InChI=1S/C71H97N3O14S2/c1-43-12-17-56-46-18-23-70-35-50(16-14-48(70)36-72-69(19-4-3-5-20-69)21-8-22-71(56,70)34-43)88-63-29-45-13-15-49(86-41-75)30-59(78)54(25-44-26-64(84-2)68(83)65(27-44)87-42-76)62(81)39-89-90-66(52(45)31-61(63)80)33-60(79)51-10-6-9-47-37-74(38-55(47)51)40-85-24-7-11-57-53(58(77)28-46)32-67(82)73-57/h6,9-10,26-27,29,31,37-38,43,46,48-50,53-54,56-60,62,66,72,75-81,83H,3-5,7,11-21,23-25,28,30,32-36,39-42H2,1-2H3,(H,73,82)/t43-,46+,48+,49-,50+,53+,54-,56-,57-,58-,59+,60+,62-,66+,70+,71-/m0/s1. The fraction of sp³-hybridized carbons (Fsp3) is 0.676. The first-order valence-electron chi connectivity index (χ1n) is 33.7. The van der Waals surface area contributed by atoms with E-state index in [9.17, 15) is 45.6 Å². The summed E-state index contributed by atoms with van der Waals surface area (Å²) in [5.74, 6) is 8.93. The zero-order valence-corrected chi connectivity index (χ0v) is 54.2. The van der Waals surface area contributed by atoms with Crippen LogP contribution in [0.3, 0.4) is 0 Å². The number of aryl methyl sites for hydroxylation is 1. The van der Waals surface area contributed by atoms with Gasteiger partial charge in [-0.2, -0.15) is 0 Å². The molecular weight excluding hydrogens is 1180 g/mol. The van der Waals surface area contributed by atoms with Crippen LogP contribution in [0.15, 0.2) is 54.9 Å². The van der Waals surface area contributed by atoms with Crippen molar-refractivity contribution in [1.29, 1.82) is 0 Å². The number of phenolic OH excluding ortho intramolecular Hbond substituents is 2. The van der Waals surface area contributed by atoms with Crippen LogP contribution in [0.4, 0.5) is 0 Å². The van der Waals surface area contributed by atoms with Crippen LogP contribution in [0, 0.1) is 58.2 Å². The monoisotopic (exact) mass is 1280 g/mol. The third-order valence-electron chi connectivity index (χ3n) is 22.9. The topological polar surface area (TPSA) is 254 Å². The van der Waals surface area contributed by atoms with Gasteiger partial charge in [-0.15, -0.1) is 5.92 Å². The molecule has 90 heavy (non-hydrogen) atoms. The number of hydrogen-bond acceptors (Lipinski definition) is 17. The number of rotatable bonds is 7. The number of nitrogens with zero attached hydrogens (tertiary/aromatic N) is 1. The van der Waals surface area contributed by atoms with E-state index in [1.54, 1.807) is 12.1 Å². The number of nitrogens with one attached hydrogen (secondary N) is 2. The van der Waals surface area contributed by atoms with Crippen LogP contribution in [0.5, 0.6) is 28.7 Å². The zero-order valence-electron chi connectivity index (χ0n) is 52.6. The Bertz CT molecular complexity index is 3180. The maximum Gasteiger partial charge on any atom is 0.220 e. The first-order chi connectivity index (χ1) is 43.6. The zero-order chi connectivity index (χ0) is 62.7. The van der Waals surface area contributed by atoms with Gasteiger partial charge in [-0.05, 0) is 197 Å². The number of hydrogen-bond donors (Lipinski definition) is 10. The van der Waals surface area contributed by atoms with Gasteiger partial charge in [0.25, 0.3) is 0 Å². The number of carbonyl (C=O) groups is 1. The molecule has 4 aliphatic carbocycles. The molecule has 5 fully saturated rings. The van der Waals surface area contributed by atoms with Gasteiger partial charge in [-0.3, -0.25) is 4.79 Å². The number of aliphatic hydroxyl groups is 6. The predicted octanol–water partition coefficient (Wildman–Crippen LogP) is 10.3. The second kappa shape index (κ2) is 28.7. The highest BCUT2D eigenvalue weighted by atomic mass is 33.1. The van der Waals surface area contributed by atoms with E-state index in [2.05, 4.69) is 29.4 Å². The lowest BCUT2D eigenvalue weighted by molar-refractivity contribution is -0.161. The summed E-state index contributed by atoms with van der Waals surface area (Å²) < 4.78 is 32.5. The number of aromatic hydroxyl groups is 2. The van der Waals surface area contributed by atoms with Crippen molar-refractivity contribution < 1.29 is 69.3 Å². The molecule has 0 unspecified atom stereocenters. The van der Waals surface area contributed by atoms with Crippen LogP contribution < -0.4 is 24.8 Å². The van der Waals surface area contributed by atoms with E-state index >= 15 is 0 Å². The van der Waals surface area contributed by atoms with E-state index in [4.69, 9.17) is 23.7 Å². The molecule has 1 amide bonds. The Morgan fingerprint density at radius 3 is 2.51 bits per heavy atom. The van der Waals surface area contributed by atoms with E-state index < -0.39 is 55.3 Å². The largest absolute Gasteiger partial charge is 0.504 e. The van der Waals surface area contributed by atoms with Gasteiger partial charge in [0.05, 0.1) is 43.7 Å². The average Bonchev–Trinajstić information content (AvgIpc) is 0.806. The van der Waals surface area contributed by atoms with Gasteiger partial charge in [-0.25, -0.2) is 0 Å². The van der Waals surface area contributed by atoms with E-state index in [1.807, 2.05) is 47.3 Å². The maximum atomic E-state index is 13.3. The highest BCUT2D eigenvalue weighted by molar-refractivity contribution is 8.76. The van der Waals surface area contributed by atoms with Crippen molar-refractivity contribution in [3.05, 3.63) is 77.1 Å². The minimum atomic E-state index is -1.13. The van der Waals surface area contributed by atoms with E-state index in [0.29, 0.717) is 68.3 Å². The summed E-state index contributed by atoms with van der Waals surface area (Å²) in [5.41, 5.74) is 2.40. The summed E-state index contributed by atoms with van der Waals surface area (Å²) in [5, 5.41) is 102. The Labute approximate surface area is 538 Å². The molecule has 9 bridgehead atoms. The fourth-order valence-corrected chi connectivity index (χ4v) is 21.4. The molecule has 17 nitrogen and oxygen atoms in total. The lowest BCUT2D eigenvalue weighted by Crippen LogP contribution is -2.62. The molecule has 0 radical (unpaired) electrons. The molecular formula is C71H97N3O14S2. The number of aromatic nitrogens is 1. The van der Waals surface area contributed by atoms with Crippen molar-refractivity contribution >= 4 is 38.3 Å². The molecule has 4 saturated carbocycles. The van der Waals surface area contributed by atoms with Crippen molar-refractivity contribution in [2.24, 2.45) is 46.3 Å². The summed E-state index contributed by atoms with van der Waals surface area (Å²) >= 11 is 0. The molecule has 16 atom stereocenters. The van der Waals surface area contributed by atoms with Crippen molar-refractivity contribution in [2.45, 2.75) is 215 Å². The van der Waals surface area contributed by atoms with Crippen LogP contribution in [0.25, 0.3) is 10.8 Å². The maximum absolute atomic E-state index is 13.3. The van der Waals surface area contributed by atoms with Gasteiger partial charge in [-0.1, -0.05) is 78.3 Å². The van der Waals surface area contributed by atoms with E-state index in [1.165, 1.54) is 48.0 Å². The van der Waals surface area contributed by atoms with Crippen LogP contribution in [-0.2, 0) is 33.8 Å². The van der Waals surface area contributed by atoms with Gasteiger partial charge in [0, 0.05) is 77.1 Å². The Morgan fingerprint density at radius 2 is 1.69 bits per heavy atom. The molecule has 6 aliphatic heterocycles. The normalized spacial score (nSPS) is 35.3. The van der Waals surface area contributed by atoms with Crippen LogP contribution in [0.2, 0.25) is 0 Å². The number of carbonyl (C=O) groups excluding carboxylic acids is 1. The molecule has 10 aliphatic rings. The van der Waals surface area contributed by atoms with E-state index in [0.717, 1.165) is 105 Å². The minimum absolute atomic E-state index is 0.00115. The lowest BCUT2D eigenvalue weighted by Gasteiger charge is -2.65. The number of aliphatic hydroxyl groups excluding tert-OH is 6. The van der Waals surface area contributed by atoms with Gasteiger partial charge < -0.3 is 79.7 Å². The van der Waals surface area contributed by atoms with Crippen LogP contribution in [0.1, 0.15) is 175 Å². The summed E-state index contributed by atoms with van der Waals surface area (Å²) in [6, 6.07) is 12.7. The minimum Gasteiger partial charge on any atom is -0.504 e. The van der Waals surface area contributed by atoms with Crippen LogP contribution in [-0.4, -0.2) is 133 Å². The predicted molar refractivity (Wildman–Crippen MR) is 347 cm³/mol. The Kier molecular flexibility index (Phi) is 20.9. The summed E-state index contributed by atoms with van der Waals surface area (Å²) in [4.78, 5) is 13.3. The van der Waals surface area contributed by atoms with Gasteiger partial charge in [0.1, 0.15) is 13.5 Å². The molecule has 1 saturated heterocycles. The van der Waals surface area contributed by atoms with Crippen molar-refractivity contribution in [3.63, 3.8) is 0 Å². The Morgan fingerprint density at radius 1 is 0.844 bits per heavy atom. The number of amides is 1. The molecule has 3 spiro atoms. The lowest BCUT2D eigenvalue weighted by atomic mass is 9.38. The summed E-state index contributed by atoms with van der Waals surface area (Å²) in [6.45, 7) is 2.77. The second-order valence-corrected chi connectivity index (χ2v) is 30.9. The third-order valence-corrected chi connectivity index (χ3v) is 25.8. The first kappa shape index (κ1) is 65.6. The highest BCUT2D eigenvalue weighted by Gasteiger charge is 2.65. The van der Waals surface area contributed by atoms with Gasteiger partial charge in [0.15, 0.2) is 29.8 Å². The Balaban J connectivity index is 0.929. The SMILES string of the molecule is COc1cc(C[C@H]2[C@H](O)C[C@@H](OCO)CCc3cc4c(O)cc3[C@@H](C[C@@H](O)c3cccc5cn(cc35)COCCC[C@@H]3NC(=O)C[C@H]3[C@@H](O)C[C@H]3CC[C@@]56C[C@@H](CC[C@@H]5CNC5(CC#C[C@@]67C[C@@H](C)CC[C@@H]37)CCCCC5)O4)SSC[C@@H]2O)cc(OCO)c1O. The first-order valence-corrected chi connectivity index (χ1v) is 36.1. The quantitative estimate of drug-likeness (QED) is 0.0469.